The molecule has 1 aliphatic carbocycles. The lowest BCUT2D eigenvalue weighted by Gasteiger charge is -2.37. The number of aliphatic hydroxyl groups is 1. The first-order valence-electron chi connectivity index (χ1n) is 7.89. The van der Waals surface area contributed by atoms with Crippen LogP contribution in [0.2, 0.25) is 0 Å². The molecule has 0 spiro atoms. The molecule has 1 aromatic rings. The van der Waals surface area contributed by atoms with E-state index in [0.29, 0.717) is 25.4 Å². The van der Waals surface area contributed by atoms with Gasteiger partial charge in [0.1, 0.15) is 0 Å². The van der Waals surface area contributed by atoms with Gasteiger partial charge in [0.15, 0.2) is 0 Å². The van der Waals surface area contributed by atoms with Crippen molar-refractivity contribution in [2.75, 3.05) is 18.9 Å². The molecule has 1 amide bonds. The number of hydrogen-bond donors (Lipinski definition) is 1. The zero-order valence-corrected chi connectivity index (χ0v) is 13.4. The normalized spacial score (nSPS) is 14.7. The molecule has 2 rings (SSSR count). The fourth-order valence-electron chi connectivity index (χ4n) is 2.52. The number of amides is 1. The van der Waals surface area contributed by atoms with Gasteiger partial charge < -0.3 is 10.0 Å². The van der Waals surface area contributed by atoms with Gasteiger partial charge in [-0.05, 0) is 50.0 Å². The molecule has 0 aromatic heterocycles. The molecule has 0 bridgehead atoms. The number of nitrogens with zero attached hydrogens (tertiary/aromatic N) is 1. The van der Waals surface area contributed by atoms with Crippen LogP contribution in [-0.2, 0) is 4.79 Å². The predicted molar refractivity (Wildman–Crippen MR) is 87.5 cm³/mol. The van der Waals surface area contributed by atoms with E-state index in [4.69, 9.17) is 5.11 Å². The van der Waals surface area contributed by atoms with E-state index in [0.717, 1.165) is 25.0 Å². The fraction of sp³-hybridized carbons (Fsp3) is 0.588. The van der Waals surface area contributed by atoms with Gasteiger partial charge >= 0.3 is 0 Å². The summed E-state index contributed by atoms with van der Waals surface area (Å²) < 4.78 is 0. The topological polar surface area (TPSA) is 40.5 Å². The Morgan fingerprint density at radius 3 is 2.62 bits per heavy atom. The maximum absolute atomic E-state index is 12.3. The summed E-state index contributed by atoms with van der Waals surface area (Å²) in [5, 5.41) is 8.97. The van der Waals surface area contributed by atoms with Crippen molar-refractivity contribution in [2.45, 2.75) is 49.5 Å². The third-order valence-electron chi connectivity index (χ3n) is 3.94. The molecular formula is C17H25NO2S. The van der Waals surface area contributed by atoms with Crippen molar-refractivity contribution in [3.8, 4) is 0 Å². The van der Waals surface area contributed by atoms with Crippen molar-refractivity contribution in [3.63, 3.8) is 0 Å². The molecule has 3 nitrogen and oxygen atoms in total. The van der Waals surface area contributed by atoms with Gasteiger partial charge in [-0.3, -0.25) is 4.79 Å². The van der Waals surface area contributed by atoms with Gasteiger partial charge in [-0.2, -0.15) is 0 Å². The van der Waals surface area contributed by atoms with E-state index < -0.39 is 0 Å². The second kappa shape index (κ2) is 9.11. The Labute approximate surface area is 131 Å². The smallest absolute Gasteiger partial charge is 0.222 e. The van der Waals surface area contributed by atoms with Crippen molar-refractivity contribution in [1.82, 2.24) is 4.90 Å². The molecule has 116 valence electrons. The number of carbonyl (C=O) groups is 1. The third kappa shape index (κ3) is 5.36. The Kier molecular flexibility index (Phi) is 7.10. The lowest BCUT2D eigenvalue weighted by atomic mass is 9.91. The van der Waals surface area contributed by atoms with E-state index in [1.165, 1.54) is 11.3 Å². The molecule has 0 heterocycles. The molecule has 21 heavy (non-hydrogen) atoms. The summed E-state index contributed by atoms with van der Waals surface area (Å²) in [4.78, 5) is 15.6. The highest BCUT2D eigenvalue weighted by atomic mass is 32.2. The largest absolute Gasteiger partial charge is 0.396 e. The van der Waals surface area contributed by atoms with E-state index in [-0.39, 0.29) is 12.5 Å². The average Bonchev–Trinajstić information content (AvgIpc) is 2.46. The Balaban J connectivity index is 1.68. The monoisotopic (exact) mass is 307 g/mol. The first kappa shape index (κ1) is 16.4. The standard InChI is InChI=1S/C17H25NO2S/c19-13-6-12-18(15-7-4-8-15)17(20)11-5-14-21-16-9-2-1-3-10-16/h1-3,9-10,15,19H,4-8,11-14H2. The lowest BCUT2D eigenvalue weighted by molar-refractivity contribution is -0.135. The SMILES string of the molecule is O=C(CCCSc1ccccc1)N(CCCO)C1CCC1. The van der Waals surface area contributed by atoms with Crippen LogP contribution in [0.3, 0.4) is 0 Å². The van der Waals surface area contributed by atoms with Gasteiger partial charge in [0.2, 0.25) is 5.91 Å². The van der Waals surface area contributed by atoms with E-state index in [9.17, 15) is 4.79 Å². The molecule has 0 aliphatic heterocycles. The van der Waals surface area contributed by atoms with Crippen molar-refractivity contribution in [1.29, 1.82) is 0 Å². The van der Waals surface area contributed by atoms with E-state index in [2.05, 4.69) is 12.1 Å². The third-order valence-corrected chi connectivity index (χ3v) is 5.04. The predicted octanol–water partition coefficient (Wildman–Crippen LogP) is 3.32. The minimum Gasteiger partial charge on any atom is -0.396 e. The summed E-state index contributed by atoms with van der Waals surface area (Å²) in [5.74, 6) is 1.25. The average molecular weight is 307 g/mol. The Hall–Kier alpha value is -1.00. The van der Waals surface area contributed by atoms with Crippen LogP contribution in [-0.4, -0.2) is 40.9 Å². The summed E-state index contributed by atoms with van der Waals surface area (Å²) >= 11 is 1.81. The van der Waals surface area contributed by atoms with E-state index in [1.54, 1.807) is 0 Å². The second-order valence-electron chi connectivity index (χ2n) is 5.51. The van der Waals surface area contributed by atoms with Crippen LogP contribution in [0.25, 0.3) is 0 Å². The van der Waals surface area contributed by atoms with E-state index >= 15 is 0 Å². The zero-order valence-electron chi connectivity index (χ0n) is 12.5. The highest BCUT2D eigenvalue weighted by molar-refractivity contribution is 7.99. The summed E-state index contributed by atoms with van der Waals surface area (Å²) in [6.07, 6.45) is 5.74. The van der Waals surface area contributed by atoms with Crippen LogP contribution in [0, 0.1) is 0 Å². The highest BCUT2D eigenvalue weighted by Gasteiger charge is 2.27. The quantitative estimate of drug-likeness (QED) is 0.562. The number of carbonyl (C=O) groups excluding carboxylic acids is 1. The van der Waals surface area contributed by atoms with Crippen molar-refractivity contribution in [2.24, 2.45) is 0 Å². The lowest BCUT2D eigenvalue weighted by Crippen LogP contribution is -2.44. The molecule has 0 radical (unpaired) electrons. The number of rotatable bonds is 9. The Morgan fingerprint density at radius 1 is 1.24 bits per heavy atom. The summed E-state index contributed by atoms with van der Waals surface area (Å²) in [5.41, 5.74) is 0. The van der Waals surface area contributed by atoms with Crippen LogP contribution in [0.4, 0.5) is 0 Å². The molecule has 1 saturated carbocycles. The van der Waals surface area contributed by atoms with Crippen LogP contribution >= 0.6 is 11.8 Å². The molecule has 1 aliphatic rings. The summed E-state index contributed by atoms with van der Waals surface area (Å²) in [7, 11) is 0. The summed E-state index contributed by atoms with van der Waals surface area (Å²) in [6, 6.07) is 10.8. The fourth-order valence-corrected chi connectivity index (χ4v) is 3.40. The number of hydrogen-bond acceptors (Lipinski definition) is 3. The Bertz CT molecular complexity index is 420. The molecule has 0 saturated heterocycles. The van der Waals surface area contributed by atoms with Crippen molar-refractivity contribution < 1.29 is 9.90 Å². The second-order valence-corrected chi connectivity index (χ2v) is 6.68. The van der Waals surface area contributed by atoms with Crippen LogP contribution in [0.5, 0.6) is 0 Å². The van der Waals surface area contributed by atoms with Crippen LogP contribution < -0.4 is 0 Å². The van der Waals surface area contributed by atoms with Gasteiger partial charge in [-0.1, -0.05) is 18.2 Å². The zero-order chi connectivity index (χ0) is 14.9. The highest BCUT2D eigenvalue weighted by Crippen LogP contribution is 2.26. The van der Waals surface area contributed by atoms with Crippen LogP contribution in [0.15, 0.2) is 35.2 Å². The number of aliphatic hydroxyl groups excluding tert-OH is 1. The van der Waals surface area contributed by atoms with Crippen molar-refractivity contribution in [3.05, 3.63) is 30.3 Å². The first-order valence-corrected chi connectivity index (χ1v) is 8.88. The minimum absolute atomic E-state index is 0.167. The molecular weight excluding hydrogens is 282 g/mol. The van der Waals surface area contributed by atoms with Gasteiger partial charge in [0.25, 0.3) is 0 Å². The number of thioether (sulfide) groups is 1. The maximum atomic E-state index is 12.3. The van der Waals surface area contributed by atoms with Gasteiger partial charge in [0.05, 0.1) is 0 Å². The minimum atomic E-state index is 0.167. The van der Waals surface area contributed by atoms with Crippen LogP contribution in [0.1, 0.15) is 38.5 Å². The van der Waals surface area contributed by atoms with Gasteiger partial charge in [-0.25, -0.2) is 0 Å². The molecule has 1 fully saturated rings. The van der Waals surface area contributed by atoms with Gasteiger partial charge in [-0.15, -0.1) is 11.8 Å². The maximum Gasteiger partial charge on any atom is 0.222 e. The van der Waals surface area contributed by atoms with Crippen molar-refractivity contribution >= 4 is 17.7 Å². The summed E-state index contributed by atoms with van der Waals surface area (Å²) in [6.45, 7) is 0.881. The number of benzene rings is 1. The molecule has 4 heteroatoms. The molecule has 1 N–H and O–H groups in total. The van der Waals surface area contributed by atoms with E-state index in [1.807, 2.05) is 34.9 Å². The Morgan fingerprint density at radius 2 is 2.00 bits per heavy atom. The first-order chi connectivity index (χ1) is 10.3. The van der Waals surface area contributed by atoms with Gasteiger partial charge in [0, 0.05) is 30.5 Å². The molecule has 0 unspecified atom stereocenters. The molecule has 1 aromatic carbocycles. The molecule has 0 atom stereocenters.